The van der Waals surface area contributed by atoms with Crippen LogP contribution in [-0.2, 0) is 17.9 Å². The van der Waals surface area contributed by atoms with Crippen LogP contribution in [0.3, 0.4) is 0 Å². The minimum atomic E-state index is 0.691. The Hall–Kier alpha value is -0.450. The minimum absolute atomic E-state index is 0.691. The van der Waals surface area contributed by atoms with Gasteiger partial charge in [-0.3, -0.25) is 0 Å². The van der Waals surface area contributed by atoms with Crippen LogP contribution in [0.4, 0.5) is 0 Å². The molecule has 4 heteroatoms. The lowest BCUT2D eigenvalue weighted by Crippen LogP contribution is -2.15. The molecular weight excluding hydrogens is 220 g/mol. The molecule has 2 saturated carbocycles. The second kappa shape index (κ2) is 4.82. The van der Waals surface area contributed by atoms with Gasteiger partial charge in [-0.1, -0.05) is 0 Å². The zero-order valence-electron chi connectivity index (χ0n) is 9.45. The molecule has 0 aromatic carbocycles. The summed E-state index contributed by atoms with van der Waals surface area (Å²) in [4.78, 5) is 4.56. The Morgan fingerprint density at radius 2 is 2.25 bits per heavy atom. The number of ether oxygens (including phenoxy) is 1. The molecule has 0 radical (unpaired) electrons. The molecule has 1 aromatic heterocycles. The van der Waals surface area contributed by atoms with E-state index in [2.05, 4.69) is 15.7 Å². The highest BCUT2D eigenvalue weighted by Crippen LogP contribution is 2.29. The SMILES string of the molecule is c1sc(CNC2CC2)nc1COCC1CC1. The van der Waals surface area contributed by atoms with Gasteiger partial charge in [0.15, 0.2) is 0 Å². The van der Waals surface area contributed by atoms with Crippen LogP contribution in [0.25, 0.3) is 0 Å². The van der Waals surface area contributed by atoms with Gasteiger partial charge in [0.05, 0.1) is 12.3 Å². The van der Waals surface area contributed by atoms with Gasteiger partial charge in [0, 0.05) is 24.6 Å². The summed E-state index contributed by atoms with van der Waals surface area (Å²) in [5.41, 5.74) is 1.10. The molecule has 1 heterocycles. The van der Waals surface area contributed by atoms with Gasteiger partial charge in [0.25, 0.3) is 0 Å². The summed E-state index contributed by atoms with van der Waals surface area (Å²) in [5.74, 6) is 0.842. The fraction of sp³-hybridized carbons (Fsp3) is 0.750. The predicted molar refractivity (Wildman–Crippen MR) is 64.4 cm³/mol. The van der Waals surface area contributed by atoms with Gasteiger partial charge in [-0.2, -0.15) is 0 Å². The molecule has 2 aliphatic rings. The quantitative estimate of drug-likeness (QED) is 0.791. The van der Waals surface area contributed by atoms with E-state index in [4.69, 9.17) is 4.74 Å². The van der Waals surface area contributed by atoms with E-state index in [0.717, 1.165) is 30.8 Å². The summed E-state index contributed by atoms with van der Waals surface area (Å²) in [6.45, 7) is 2.54. The number of hydrogen-bond acceptors (Lipinski definition) is 4. The third-order valence-electron chi connectivity index (χ3n) is 3.02. The fourth-order valence-electron chi connectivity index (χ4n) is 1.63. The van der Waals surface area contributed by atoms with Gasteiger partial charge in [-0.25, -0.2) is 4.98 Å². The molecule has 88 valence electrons. The van der Waals surface area contributed by atoms with Gasteiger partial charge in [-0.15, -0.1) is 11.3 Å². The molecule has 1 N–H and O–H groups in total. The van der Waals surface area contributed by atoms with E-state index < -0.39 is 0 Å². The molecule has 0 aliphatic heterocycles. The highest BCUT2D eigenvalue weighted by Gasteiger charge is 2.21. The van der Waals surface area contributed by atoms with Crippen LogP contribution < -0.4 is 5.32 Å². The normalized spacial score (nSPS) is 20.2. The van der Waals surface area contributed by atoms with Crippen molar-refractivity contribution in [1.82, 2.24) is 10.3 Å². The topological polar surface area (TPSA) is 34.2 Å². The maximum Gasteiger partial charge on any atom is 0.107 e. The third kappa shape index (κ3) is 3.27. The monoisotopic (exact) mass is 238 g/mol. The maximum atomic E-state index is 5.62. The summed E-state index contributed by atoms with van der Waals surface area (Å²) >= 11 is 1.74. The van der Waals surface area contributed by atoms with E-state index in [1.807, 2.05) is 0 Å². The Bertz CT molecular complexity index is 345. The number of thiazole rings is 1. The molecule has 3 rings (SSSR count). The first-order valence-electron chi connectivity index (χ1n) is 6.14. The average Bonchev–Trinajstić information content (AvgIpc) is 3.18. The second-order valence-electron chi connectivity index (χ2n) is 4.85. The van der Waals surface area contributed by atoms with Crippen LogP contribution in [0.2, 0.25) is 0 Å². The van der Waals surface area contributed by atoms with E-state index in [1.54, 1.807) is 11.3 Å². The van der Waals surface area contributed by atoms with Crippen LogP contribution in [0.1, 0.15) is 36.4 Å². The van der Waals surface area contributed by atoms with Gasteiger partial charge >= 0.3 is 0 Å². The Morgan fingerprint density at radius 3 is 3.00 bits per heavy atom. The smallest absolute Gasteiger partial charge is 0.107 e. The van der Waals surface area contributed by atoms with Crippen LogP contribution in [0.15, 0.2) is 5.38 Å². The lowest BCUT2D eigenvalue weighted by molar-refractivity contribution is 0.109. The molecule has 2 fully saturated rings. The van der Waals surface area contributed by atoms with Gasteiger partial charge < -0.3 is 10.1 Å². The Balaban J connectivity index is 1.39. The summed E-state index contributed by atoms with van der Waals surface area (Å²) < 4.78 is 5.62. The maximum absolute atomic E-state index is 5.62. The molecule has 3 nitrogen and oxygen atoms in total. The zero-order chi connectivity index (χ0) is 10.8. The Kier molecular flexibility index (Phi) is 3.22. The molecular formula is C12H18N2OS. The van der Waals surface area contributed by atoms with E-state index in [1.165, 1.54) is 30.7 Å². The zero-order valence-corrected chi connectivity index (χ0v) is 10.3. The lowest BCUT2D eigenvalue weighted by Gasteiger charge is -1.99. The molecule has 0 bridgehead atoms. The summed E-state index contributed by atoms with van der Waals surface area (Å²) in [7, 11) is 0. The molecule has 16 heavy (non-hydrogen) atoms. The number of nitrogens with zero attached hydrogens (tertiary/aromatic N) is 1. The minimum Gasteiger partial charge on any atom is -0.375 e. The first-order valence-corrected chi connectivity index (χ1v) is 7.02. The Morgan fingerprint density at radius 1 is 1.38 bits per heavy atom. The van der Waals surface area contributed by atoms with E-state index in [9.17, 15) is 0 Å². The number of hydrogen-bond donors (Lipinski definition) is 1. The lowest BCUT2D eigenvalue weighted by atomic mass is 10.4. The van der Waals surface area contributed by atoms with Gasteiger partial charge in [0.1, 0.15) is 5.01 Å². The summed E-state index contributed by atoms with van der Waals surface area (Å²) in [6, 6.07) is 0.762. The highest BCUT2D eigenvalue weighted by molar-refractivity contribution is 7.09. The fourth-order valence-corrected chi connectivity index (χ4v) is 2.36. The van der Waals surface area contributed by atoms with Crippen molar-refractivity contribution in [2.75, 3.05) is 6.61 Å². The standard InChI is InChI=1S/C12H18N2OS/c1-2-9(1)6-15-7-11-8-16-12(14-11)5-13-10-3-4-10/h8-10,13H,1-7H2. The van der Waals surface area contributed by atoms with Crippen molar-refractivity contribution in [1.29, 1.82) is 0 Å². The van der Waals surface area contributed by atoms with Crippen molar-refractivity contribution in [2.45, 2.75) is 44.9 Å². The molecule has 0 amide bonds. The van der Waals surface area contributed by atoms with E-state index >= 15 is 0 Å². The van der Waals surface area contributed by atoms with Crippen LogP contribution in [0.5, 0.6) is 0 Å². The van der Waals surface area contributed by atoms with Crippen molar-refractivity contribution in [3.8, 4) is 0 Å². The number of rotatable bonds is 7. The Labute approximate surface area is 100 Å². The third-order valence-corrected chi connectivity index (χ3v) is 3.92. The van der Waals surface area contributed by atoms with Crippen LogP contribution in [-0.4, -0.2) is 17.6 Å². The van der Waals surface area contributed by atoms with Gasteiger partial charge in [-0.05, 0) is 31.6 Å². The van der Waals surface area contributed by atoms with Crippen molar-refractivity contribution < 1.29 is 4.74 Å². The van der Waals surface area contributed by atoms with Crippen molar-refractivity contribution in [3.63, 3.8) is 0 Å². The van der Waals surface area contributed by atoms with Crippen LogP contribution in [0, 0.1) is 5.92 Å². The summed E-state index contributed by atoms with van der Waals surface area (Å²) in [5, 5.41) is 6.79. The van der Waals surface area contributed by atoms with Gasteiger partial charge in [0.2, 0.25) is 0 Å². The van der Waals surface area contributed by atoms with Crippen molar-refractivity contribution in [2.24, 2.45) is 5.92 Å². The highest BCUT2D eigenvalue weighted by atomic mass is 32.1. The average molecular weight is 238 g/mol. The first kappa shape index (κ1) is 10.7. The number of nitrogens with one attached hydrogen (secondary N) is 1. The molecule has 1 aromatic rings. The van der Waals surface area contributed by atoms with E-state index in [0.29, 0.717) is 6.61 Å². The molecule has 0 unspecified atom stereocenters. The van der Waals surface area contributed by atoms with E-state index in [-0.39, 0.29) is 0 Å². The molecule has 0 spiro atoms. The summed E-state index contributed by atoms with van der Waals surface area (Å²) in [6.07, 6.45) is 5.38. The largest absolute Gasteiger partial charge is 0.375 e. The van der Waals surface area contributed by atoms with Crippen molar-refractivity contribution in [3.05, 3.63) is 16.1 Å². The first-order chi connectivity index (χ1) is 7.90. The molecule has 0 saturated heterocycles. The molecule has 0 atom stereocenters. The number of aromatic nitrogens is 1. The van der Waals surface area contributed by atoms with Crippen LogP contribution >= 0.6 is 11.3 Å². The predicted octanol–water partition coefficient (Wildman–Crippen LogP) is 2.32. The second-order valence-corrected chi connectivity index (χ2v) is 5.79. The molecule has 2 aliphatic carbocycles. The van der Waals surface area contributed by atoms with Crippen molar-refractivity contribution >= 4 is 11.3 Å².